The third-order valence-electron chi connectivity index (χ3n) is 5.99. The van der Waals surface area contributed by atoms with Gasteiger partial charge in [-0.25, -0.2) is 13.2 Å². The Morgan fingerprint density at radius 1 is 1.27 bits per heavy atom. The number of H-pyrrole nitrogens is 1. The molecule has 2 aliphatic rings. The summed E-state index contributed by atoms with van der Waals surface area (Å²) < 4.78 is 42.7. The molecule has 2 fully saturated rings. The van der Waals surface area contributed by atoms with E-state index in [-0.39, 0.29) is 5.04 Å². The van der Waals surface area contributed by atoms with Crippen LogP contribution < -0.4 is 16.1 Å². The van der Waals surface area contributed by atoms with Gasteiger partial charge in [0.2, 0.25) is 10.0 Å². The molecule has 3 rings (SSSR count). The quantitative estimate of drug-likeness (QED) is 0.428. The lowest BCUT2D eigenvalue weighted by Crippen LogP contribution is -2.52. The molecular weight excluding hydrogens is 434 g/mol. The van der Waals surface area contributed by atoms with Crippen molar-refractivity contribution in [1.29, 1.82) is 0 Å². The second-order valence-corrected chi connectivity index (χ2v) is 15.7. The number of sulfonamides is 1. The summed E-state index contributed by atoms with van der Waals surface area (Å²) in [7, 11) is -4.55. The molecule has 0 bridgehead atoms. The number of fused-ring (bicyclic) bond motifs is 1. The van der Waals surface area contributed by atoms with Crippen LogP contribution in [-0.2, 0) is 28.8 Å². The zero-order chi connectivity index (χ0) is 22.7. The van der Waals surface area contributed by atoms with Crippen LogP contribution in [0.3, 0.4) is 0 Å². The molecule has 0 aromatic carbocycles. The molecule has 0 radical (unpaired) electrons. The van der Waals surface area contributed by atoms with Gasteiger partial charge in [-0.2, -0.15) is 0 Å². The highest BCUT2D eigenvalue weighted by Gasteiger charge is 2.81. The van der Waals surface area contributed by atoms with E-state index in [1.54, 1.807) is 0 Å². The lowest BCUT2D eigenvalue weighted by atomic mass is 10.1. The molecule has 5 atom stereocenters. The van der Waals surface area contributed by atoms with Crippen molar-refractivity contribution in [3.05, 3.63) is 33.1 Å². The van der Waals surface area contributed by atoms with Crippen molar-refractivity contribution in [1.82, 2.24) is 14.4 Å². The van der Waals surface area contributed by atoms with Gasteiger partial charge in [0.1, 0.15) is 23.9 Å². The number of hydrogen-bond acceptors (Lipinski definition) is 8. The number of aromatic amines is 1. The van der Waals surface area contributed by atoms with E-state index in [9.17, 15) is 18.0 Å². The van der Waals surface area contributed by atoms with Gasteiger partial charge in [0.05, 0.1) is 6.26 Å². The minimum Gasteiger partial charge on any atom is -0.403 e. The van der Waals surface area contributed by atoms with Gasteiger partial charge in [0.25, 0.3) is 5.56 Å². The highest BCUT2D eigenvalue weighted by Crippen LogP contribution is 2.60. The fourth-order valence-electron chi connectivity index (χ4n) is 3.47. The number of nitrogens with one attached hydrogen (secondary N) is 2. The minimum atomic E-state index is -3.62. The average molecular weight is 464 g/mol. The van der Waals surface area contributed by atoms with Crippen LogP contribution in [0.2, 0.25) is 18.1 Å². The van der Waals surface area contributed by atoms with Crippen molar-refractivity contribution in [3.8, 4) is 0 Å². The summed E-state index contributed by atoms with van der Waals surface area (Å²) in [4.78, 5) is 33.4. The number of ether oxygens (including phenoxy) is 2. The van der Waals surface area contributed by atoms with E-state index in [1.807, 2.05) is 18.0 Å². The SMILES string of the molecule is CO[C@H]1[C@H](n2ccc(=O)[nH]c2=O)O[C@@H]2C(ONS(C)(=O)=O)C21O[Si](C)(C)C(C)(C)C. The third-order valence-corrected chi connectivity index (χ3v) is 10.9. The molecule has 1 aliphatic heterocycles. The predicted octanol–water partition coefficient (Wildman–Crippen LogP) is 0.0726. The standard InChI is InChI=1S/C17H29N3O8SSi/c1-16(2,3)30(6,7)28-17-11(12(17)27-19-29(5,23)24)26-14(13(17)25-4)20-9-8-10(21)18-15(20)22/h8-9,11-14,19H,1-7H3,(H,18,21,22)/t11-,12?,13+,14-,17?/m1/s1. The monoisotopic (exact) mass is 463 g/mol. The third kappa shape index (κ3) is 3.95. The van der Waals surface area contributed by atoms with E-state index in [1.165, 1.54) is 23.9 Å². The zero-order valence-corrected chi connectivity index (χ0v) is 19.9. The summed E-state index contributed by atoms with van der Waals surface area (Å²) in [5.41, 5.74) is -2.29. The second kappa shape index (κ2) is 7.36. The van der Waals surface area contributed by atoms with Crippen LogP contribution in [0, 0.1) is 0 Å². The van der Waals surface area contributed by atoms with Crippen LogP contribution in [0.4, 0.5) is 0 Å². The highest BCUT2D eigenvalue weighted by molar-refractivity contribution is 7.88. The Hall–Kier alpha value is -1.35. The maximum atomic E-state index is 12.3. The van der Waals surface area contributed by atoms with Gasteiger partial charge < -0.3 is 13.9 Å². The fourth-order valence-corrected chi connectivity index (χ4v) is 5.29. The molecule has 1 saturated heterocycles. The van der Waals surface area contributed by atoms with Crippen molar-refractivity contribution in [2.45, 2.75) is 69.0 Å². The van der Waals surface area contributed by atoms with E-state index in [0.29, 0.717) is 0 Å². The number of nitrogens with zero attached hydrogens (tertiary/aromatic N) is 1. The zero-order valence-electron chi connectivity index (χ0n) is 18.1. The molecule has 2 N–H and O–H groups in total. The van der Waals surface area contributed by atoms with Gasteiger partial charge in [-0.1, -0.05) is 25.7 Å². The Morgan fingerprint density at radius 2 is 1.90 bits per heavy atom. The fraction of sp³-hybridized carbons (Fsp3) is 0.765. The summed E-state index contributed by atoms with van der Waals surface area (Å²) >= 11 is 0. The smallest absolute Gasteiger partial charge is 0.330 e. The topological polar surface area (TPSA) is 138 Å². The van der Waals surface area contributed by atoms with Gasteiger partial charge in [0, 0.05) is 19.4 Å². The van der Waals surface area contributed by atoms with Crippen molar-refractivity contribution in [2.24, 2.45) is 0 Å². The molecular formula is C17H29N3O8SSi. The van der Waals surface area contributed by atoms with Crippen LogP contribution in [0.15, 0.2) is 21.9 Å². The molecule has 2 unspecified atom stereocenters. The molecule has 1 aliphatic carbocycles. The predicted molar refractivity (Wildman–Crippen MR) is 110 cm³/mol. The minimum absolute atomic E-state index is 0.158. The maximum Gasteiger partial charge on any atom is 0.330 e. The molecule has 0 spiro atoms. The first-order chi connectivity index (χ1) is 13.6. The summed E-state index contributed by atoms with van der Waals surface area (Å²) in [6.45, 7) is 10.3. The van der Waals surface area contributed by atoms with Crippen molar-refractivity contribution in [2.75, 3.05) is 13.4 Å². The van der Waals surface area contributed by atoms with E-state index in [4.69, 9.17) is 18.7 Å². The molecule has 1 aromatic heterocycles. The highest BCUT2D eigenvalue weighted by atomic mass is 32.2. The maximum absolute atomic E-state index is 12.3. The van der Waals surface area contributed by atoms with Crippen LogP contribution >= 0.6 is 0 Å². The first-order valence-electron chi connectivity index (χ1n) is 9.46. The van der Waals surface area contributed by atoms with Gasteiger partial charge >= 0.3 is 5.69 Å². The lowest BCUT2D eigenvalue weighted by molar-refractivity contribution is -0.128. The number of methoxy groups -OCH3 is 1. The second-order valence-electron chi connectivity index (χ2n) is 9.23. The van der Waals surface area contributed by atoms with Crippen molar-refractivity contribution >= 4 is 18.3 Å². The Kier molecular flexibility index (Phi) is 5.72. The number of aromatic nitrogens is 2. The molecule has 1 aromatic rings. The first kappa shape index (κ1) is 23.3. The summed E-state index contributed by atoms with van der Waals surface area (Å²) in [5, 5.41) is -0.158. The Balaban J connectivity index is 1.99. The summed E-state index contributed by atoms with van der Waals surface area (Å²) in [5.74, 6) is 0. The molecule has 2 heterocycles. The van der Waals surface area contributed by atoms with E-state index >= 15 is 0 Å². The van der Waals surface area contributed by atoms with Crippen molar-refractivity contribution < 1.29 is 27.2 Å². The normalized spacial score (nSPS) is 31.6. The van der Waals surface area contributed by atoms with E-state index in [0.717, 1.165) is 6.26 Å². The molecule has 1 saturated carbocycles. The number of rotatable bonds is 7. The van der Waals surface area contributed by atoms with E-state index in [2.05, 4.69) is 25.8 Å². The van der Waals surface area contributed by atoms with Crippen LogP contribution in [0.25, 0.3) is 0 Å². The van der Waals surface area contributed by atoms with Gasteiger partial charge in [-0.05, 0) is 18.1 Å². The van der Waals surface area contributed by atoms with Crippen molar-refractivity contribution in [3.63, 3.8) is 0 Å². The van der Waals surface area contributed by atoms with Crippen LogP contribution in [-0.4, -0.2) is 63.6 Å². The summed E-state index contributed by atoms with van der Waals surface area (Å²) in [6.07, 6.45) is -0.800. The Labute approximate surface area is 175 Å². The molecule has 30 heavy (non-hydrogen) atoms. The molecule has 13 heteroatoms. The molecule has 170 valence electrons. The lowest BCUT2D eigenvalue weighted by Gasteiger charge is -2.41. The Morgan fingerprint density at radius 3 is 2.40 bits per heavy atom. The average Bonchev–Trinajstić information content (AvgIpc) is 3.03. The van der Waals surface area contributed by atoms with Gasteiger partial charge in [-0.3, -0.25) is 19.2 Å². The summed E-state index contributed by atoms with van der Waals surface area (Å²) in [6, 6.07) is 1.21. The largest absolute Gasteiger partial charge is 0.403 e. The number of hydrogen-bond donors (Lipinski definition) is 2. The van der Waals surface area contributed by atoms with Crippen LogP contribution in [0.1, 0.15) is 27.0 Å². The Bertz CT molecular complexity index is 1030. The molecule has 11 nitrogen and oxygen atoms in total. The van der Waals surface area contributed by atoms with Gasteiger partial charge in [0.15, 0.2) is 14.5 Å². The molecule has 0 amide bonds. The first-order valence-corrected chi connectivity index (χ1v) is 14.3. The van der Waals surface area contributed by atoms with E-state index < -0.39 is 59.7 Å². The van der Waals surface area contributed by atoms with Gasteiger partial charge in [-0.15, -0.1) is 0 Å². The van der Waals surface area contributed by atoms with Crippen LogP contribution in [0.5, 0.6) is 0 Å².